The first-order valence-electron chi connectivity index (χ1n) is 7.43. The van der Waals surface area contributed by atoms with Crippen molar-refractivity contribution in [3.05, 3.63) is 0 Å². The summed E-state index contributed by atoms with van der Waals surface area (Å²) in [5.74, 6) is 1.98. The standard InChI is InChI=1S/C14H25N3S/c1-10(2)8-11-9-18-14(15-11)16-12-5-7-17-6-3-4-13(12)17/h10-13H,3-9H2,1-2H3,(H,15,16). The van der Waals surface area contributed by atoms with E-state index in [2.05, 4.69) is 24.1 Å². The van der Waals surface area contributed by atoms with E-state index in [1.54, 1.807) is 0 Å². The molecule has 3 unspecified atom stereocenters. The average Bonchev–Trinajstić information content (AvgIpc) is 2.96. The monoisotopic (exact) mass is 267 g/mol. The van der Waals surface area contributed by atoms with E-state index in [-0.39, 0.29) is 0 Å². The minimum Gasteiger partial charge on any atom is -0.361 e. The van der Waals surface area contributed by atoms with Crippen LogP contribution < -0.4 is 5.32 Å². The van der Waals surface area contributed by atoms with Gasteiger partial charge < -0.3 is 5.32 Å². The predicted octanol–water partition coefficient (Wildman–Crippen LogP) is 2.33. The molecule has 4 heteroatoms. The van der Waals surface area contributed by atoms with Gasteiger partial charge in [-0.3, -0.25) is 9.89 Å². The Kier molecular flexibility index (Phi) is 3.85. The van der Waals surface area contributed by atoms with Crippen LogP contribution in [0.25, 0.3) is 0 Å². The number of thioether (sulfide) groups is 1. The number of amidine groups is 1. The van der Waals surface area contributed by atoms with Crippen molar-refractivity contribution in [1.29, 1.82) is 0 Å². The molecule has 1 N–H and O–H groups in total. The molecule has 3 aliphatic rings. The number of hydrogen-bond acceptors (Lipinski definition) is 3. The first-order valence-corrected chi connectivity index (χ1v) is 8.42. The summed E-state index contributed by atoms with van der Waals surface area (Å²) in [4.78, 5) is 7.64. The van der Waals surface area contributed by atoms with Crippen LogP contribution in [0.5, 0.6) is 0 Å². The highest BCUT2D eigenvalue weighted by molar-refractivity contribution is 8.14. The van der Waals surface area contributed by atoms with E-state index >= 15 is 0 Å². The van der Waals surface area contributed by atoms with Crippen LogP contribution in [0.4, 0.5) is 0 Å². The molecule has 3 aliphatic heterocycles. The van der Waals surface area contributed by atoms with Crippen LogP contribution in [0, 0.1) is 5.92 Å². The second-order valence-electron chi connectivity index (χ2n) is 6.32. The maximum absolute atomic E-state index is 5.00. The molecule has 3 rings (SSSR count). The van der Waals surface area contributed by atoms with Crippen molar-refractivity contribution in [2.24, 2.45) is 10.9 Å². The van der Waals surface area contributed by atoms with Crippen LogP contribution >= 0.6 is 11.8 Å². The molecule has 0 bridgehead atoms. The largest absolute Gasteiger partial charge is 0.361 e. The minimum absolute atomic E-state index is 0.570. The maximum atomic E-state index is 5.00. The molecule has 0 aromatic rings. The third-order valence-electron chi connectivity index (χ3n) is 4.36. The lowest BCUT2D eigenvalue weighted by Crippen LogP contribution is -2.31. The fourth-order valence-electron chi connectivity index (χ4n) is 3.56. The fraction of sp³-hybridized carbons (Fsp3) is 0.929. The normalized spacial score (nSPS) is 38.6. The van der Waals surface area contributed by atoms with Crippen LogP contribution in [0.15, 0.2) is 4.99 Å². The van der Waals surface area contributed by atoms with E-state index in [1.165, 1.54) is 49.7 Å². The molecule has 0 spiro atoms. The highest BCUT2D eigenvalue weighted by atomic mass is 32.2. The van der Waals surface area contributed by atoms with Crippen LogP contribution in [0.2, 0.25) is 0 Å². The van der Waals surface area contributed by atoms with Crippen molar-refractivity contribution >= 4 is 16.9 Å². The lowest BCUT2D eigenvalue weighted by Gasteiger charge is -2.17. The lowest BCUT2D eigenvalue weighted by molar-refractivity contribution is 0.314. The molecule has 102 valence electrons. The molecule has 3 fully saturated rings. The Hall–Kier alpha value is -0.220. The van der Waals surface area contributed by atoms with E-state index in [0.717, 1.165) is 12.0 Å². The number of rotatable bonds is 3. The van der Waals surface area contributed by atoms with Crippen molar-refractivity contribution in [2.75, 3.05) is 18.8 Å². The maximum Gasteiger partial charge on any atom is 0.157 e. The molecular formula is C14H25N3S. The second-order valence-corrected chi connectivity index (χ2v) is 7.33. The van der Waals surface area contributed by atoms with Crippen molar-refractivity contribution in [3.63, 3.8) is 0 Å². The van der Waals surface area contributed by atoms with Gasteiger partial charge in [0.05, 0.1) is 6.04 Å². The fourth-order valence-corrected chi connectivity index (χ4v) is 4.60. The summed E-state index contributed by atoms with van der Waals surface area (Å²) >= 11 is 1.93. The van der Waals surface area contributed by atoms with Gasteiger partial charge in [-0.25, -0.2) is 0 Å². The molecule has 0 radical (unpaired) electrons. The topological polar surface area (TPSA) is 27.6 Å². The summed E-state index contributed by atoms with van der Waals surface area (Å²) in [6.45, 7) is 7.18. The molecule has 18 heavy (non-hydrogen) atoms. The van der Waals surface area contributed by atoms with Crippen molar-refractivity contribution in [1.82, 2.24) is 10.2 Å². The number of aliphatic imine (C=N–C) groups is 1. The number of nitrogens with zero attached hydrogens (tertiary/aromatic N) is 2. The van der Waals surface area contributed by atoms with Gasteiger partial charge in [-0.15, -0.1) is 0 Å². The third-order valence-corrected chi connectivity index (χ3v) is 5.42. The predicted molar refractivity (Wildman–Crippen MR) is 79.3 cm³/mol. The summed E-state index contributed by atoms with van der Waals surface area (Å²) in [5, 5.41) is 4.85. The minimum atomic E-state index is 0.570. The van der Waals surface area contributed by atoms with Crippen LogP contribution in [0.3, 0.4) is 0 Å². The first kappa shape index (κ1) is 12.8. The SMILES string of the molecule is CC(C)CC1CSC(=NC2CCN3CCCC23)N1. The van der Waals surface area contributed by atoms with E-state index in [1.807, 2.05) is 11.8 Å². The Morgan fingerprint density at radius 1 is 1.39 bits per heavy atom. The van der Waals surface area contributed by atoms with Gasteiger partial charge in [0, 0.05) is 24.4 Å². The van der Waals surface area contributed by atoms with Gasteiger partial charge in [0.25, 0.3) is 0 Å². The molecule has 0 aromatic carbocycles. The quantitative estimate of drug-likeness (QED) is 0.850. The number of fused-ring (bicyclic) bond motifs is 1. The zero-order valence-electron chi connectivity index (χ0n) is 11.6. The van der Waals surface area contributed by atoms with Crippen LogP contribution in [-0.4, -0.2) is 47.0 Å². The summed E-state index contributed by atoms with van der Waals surface area (Å²) in [6, 6.07) is 1.97. The molecule has 3 nitrogen and oxygen atoms in total. The number of hydrogen-bond donors (Lipinski definition) is 1. The van der Waals surface area contributed by atoms with Crippen molar-refractivity contribution in [2.45, 2.75) is 57.7 Å². The van der Waals surface area contributed by atoms with E-state index in [9.17, 15) is 0 Å². The molecular weight excluding hydrogens is 242 g/mol. The Balaban J connectivity index is 1.57. The molecule has 0 saturated carbocycles. The Morgan fingerprint density at radius 3 is 3.11 bits per heavy atom. The van der Waals surface area contributed by atoms with Crippen molar-refractivity contribution < 1.29 is 0 Å². The number of nitrogens with one attached hydrogen (secondary N) is 1. The zero-order valence-corrected chi connectivity index (χ0v) is 12.4. The van der Waals surface area contributed by atoms with Gasteiger partial charge in [-0.1, -0.05) is 25.6 Å². The summed E-state index contributed by atoms with van der Waals surface area (Å²) in [6.07, 6.45) is 5.28. The highest BCUT2D eigenvalue weighted by Gasteiger charge is 2.37. The lowest BCUT2D eigenvalue weighted by atomic mass is 10.1. The average molecular weight is 267 g/mol. The van der Waals surface area contributed by atoms with Gasteiger partial charge in [-0.05, 0) is 38.1 Å². The third kappa shape index (κ3) is 2.69. The molecule has 0 aliphatic carbocycles. The van der Waals surface area contributed by atoms with Crippen LogP contribution in [0.1, 0.15) is 39.5 Å². The summed E-state index contributed by atoms with van der Waals surface area (Å²) in [5.41, 5.74) is 0. The Bertz CT molecular complexity index is 329. The Morgan fingerprint density at radius 2 is 2.28 bits per heavy atom. The van der Waals surface area contributed by atoms with E-state index in [4.69, 9.17) is 4.99 Å². The molecule has 3 heterocycles. The molecule has 0 amide bonds. The van der Waals surface area contributed by atoms with E-state index in [0.29, 0.717) is 12.1 Å². The molecule has 3 saturated heterocycles. The van der Waals surface area contributed by atoms with E-state index < -0.39 is 0 Å². The Labute approximate surface area is 115 Å². The van der Waals surface area contributed by atoms with Gasteiger partial charge >= 0.3 is 0 Å². The molecule has 0 aromatic heterocycles. The smallest absolute Gasteiger partial charge is 0.157 e. The van der Waals surface area contributed by atoms with Gasteiger partial charge in [0.1, 0.15) is 0 Å². The molecule has 3 atom stereocenters. The van der Waals surface area contributed by atoms with Crippen molar-refractivity contribution in [3.8, 4) is 0 Å². The van der Waals surface area contributed by atoms with Crippen LogP contribution in [-0.2, 0) is 0 Å². The summed E-state index contributed by atoms with van der Waals surface area (Å²) < 4.78 is 0. The highest BCUT2D eigenvalue weighted by Crippen LogP contribution is 2.31. The first-order chi connectivity index (χ1) is 8.72. The van der Waals surface area contributed by atoms with Gasteiger partial charge in [-0.2, -0.15) is 0 Å². The zero-order chi connectivity index (χ0) is 12.5. The summed E-state index contributed by atoms with van der Waals surface area (Å²) in [7, 11) is 0. The van der Waals surface area contributed by atoms with Gasteiger partial charge in [0.2, 0.25) is 0 Å². The second kappa shape index (κ2) is 5.41. The van der Waals surface area contributed by atoms with Gasteiger partial charge in [0.15, 0.2) is 5.17 Å².